The van der Waals surface area contributed by atoms with Crippen molar-refractivity contribution in [1.29, 1.82) is 0 Å². The van der Waals surface area contributed by atoms with Crippen LogP contribution >= 0.6 is 0 Å². The number of nitrogens with zero attached hydrogens (tertiary/aromatic N) is 2. The van der Waals surface area contributed by atoms with Gasteiger partial charge in [0.15, 0.2) is 9.84 Å². The SMILES string of the molecule is CS(=O)(=O)c1ccc(-c2cnn(C34CC5CC(CC(C5)C3)C4)c(=O)c2-c2ccc(F)cc2)cc1. The number of sulfone groups is 1. The molecular weight excluding hydrogens is 451 g/mol. The van der Waals surface area contributed by atoms with E-state index in [9.17, 15) is 17.6 Å². The maximum Gasteiger partial charge on any atom is 0.275 e. The van der Waals surface area contributed by atoms with E-state index in [2.05, 4.69) is 0 Å². The predicted molar refractivity (Wildman–Crippen MR) is 129 cm³/mol. The van der Waals surface area contributed by atoms with Gasteiger partial charge in [-0.15, -0.1) is 0 Å². The summed E-state index contributed by atoms with van der Waals surface area (Å²) >= 11 is 0. The first-order valence-electron chi connectivity index (χ1n) is 11.9. The maximum absolute atomic E-state index is 14.1. The Morgan fingerprint density at radius 1 is 0.882 bits per heavy atom. The molecule has 0 atom stereocenters. The molecular formula is C27H27FN2O3S. The molecule has 0 spiro atoms. The Balaban J connectivity index is 1.53. The highest BCUT2D eigenvalue weighted by molar-refractivity contribution is 7.90. The van der Waals surface area contributed by atoms with E-state index in [0.717, 1.165) is 19.3 Å². The molecule has 7 rings (SSSR count). The number of hydrogen-bond donors (Lipinski definition) is 0. The molecule has 0 saturated heterocycles. The van der Waals surface area contributed by atoms with Crippen LogP contribution in [0.15, 0.2) is 64.4 Å². The van der Waals surface area contributed by atoms with Gasteiger partial charge in [0, 0.05) is 11.8 Å². The van der Waals surface area contributed by atoms with Gasteiger partial charge in [-0.3, -0.25) is 4.79 Å². The Bertz CT molecular complexity index is 1390. The van der Waals surface area contributed by atoms with Gasteiger partial charge in [0.05, 0.1) is 22.2 Å². The number of halogens is 1. The zero-order chi connectivity index (χ0) is 23.7. The highest BCUT2D eigenvalue weighted by Gasteiger charge is 2.53. The van der Waals surface area contributed by atoms with Gasteiger partial charge >= 0.3 is 0 Å². The van der Waals surface area contributed by atoms with E-state index in [0.29, 0.717) is 40.0 Å². The summed E-state index contributed by atoms with van der Waals surface area (Å²) in [7, 11) is -3.33. The van der Waals surface area contributed by atoms with E-state index in [1.807, 2.05) is 0 Å². The third-order valence-electron chi connectivity index (χ3n) is 8.16. The van der Waals surface area contributed by atoms with Crippen molar-refractivity contribution < 1.29 is 12.8 Å². The summed E-state index contributed by atoms with van der Waals surface area (Å²) in [5.74, 6) is 1.63. The highest BCUT2D eigenvalue weighted by Crippen LogP contribution is 2.58. The zero-order valence-electron chi connectivity index (χ0n) is 19.1. The second-order valence-electron chi connectivity index (χ2n) is 10.6. The van der Waals surface area contributed by atoms with Gasteiger partial charge in [-0.25, -0.2) is 17.5 Å². The topological polar surface area (TPSA) is 69.0 Å². The van der Waals surface area contributed by atoms with E-state index in [1.54, 1.807) is 47.3 Å². The largest absolute Gasteiger partial charge is 0.275 e. The lowest BCUT2D eigenvalue weighted by Gasteiger charge is -2.56. The number of benzene rings is 2. The van der Waals surface area contributed by atoms with Crippen LogP contribution in [0, 0.1) is 23.6 Å². The first kappa shape index (κ1) is 21.7. The van der Waals surface area contributed by atoms with Crippen LogP contribution in [0.5, 0.6) is 0 Å². The monoisotopic (exact) mass is 478 g/mol. The molecule has 0 aliphatic heterocycles. The summed E-state index contributed by atoms with van der Waals surface area (Å²) in [4.78, 5) is 14.3. The molecule has 4 bridgehead atoms. The van der Waals surface area contributed by atoms with Crippen LogP contribution in [-0.2, 0) is 15.4 Å². The molecule has 4 saturated carbocycles. The minimum absolute atomic E-state index is 0.154. The summed E-state index contributed by atoms with van der Waals surface area (Å²) in [6.45, 7) is 0. The molecule has 4 aliphatic carbocycles. The van der Waals surface area contributed by atoms with Gasteiger partial charge in [0.2, 0.25) is 0 Å². The summed E-state index contributed by atoms with van der Waals surface area (Å²) in [6, 6.07) is 12.5. The molecule has 4 aliphatic rings. The molecule has 0 amide bonds. The molecule has 176 valence electrons. The molecule has 34 heavy (non-hydrogen) atoms. The Labute approximate surface area is 198 Å². The Hall–Kier alpha value is -2.80. The molecule has 1 heterocycles. The quantitative estimate of drug-likeness (QED) is 0.527. The second kappa shape index (κ2) is 7.60. The van der Waals surface area contributed by atoms with Crippen LogP contribution < -0.4 is 5.56 Å². The predicted octanol–water partition coefficient (Wildman–Crippen LogP) is 5.05. The average molecular weight is 479 g/mol. The second-order valence-corrected chi connectivity index (χ2v) is 12.6. The van der Waals surface area contributed by atoms with E-state index >= 15 is 0 Å². The van der Waals surface area contributed by atoms with Gasteiger partial charge in [-0.1, -0.05) is 24.3 Å². The molecule has 0 N–H and O–H groups in total. The first-order chi connectivity index (χ1) is 16.2. The van der Waals surface area contributed by atoms with Gasteiger partial charge < -0.3 is 0 Å². The molecule has 3 aromatic rings. The fraction of sp³-hybridized carbons (Fsp3) is 0.407. The third-order valence-corrected chi connectivity index (χ3v) is 9.29. The number of hydrogen-bond acceptors (Lipinski definition) is 4. The molecule has 0 unspecified atom stereocenters. The van der Waals surface area contributed by atoms with Crippen molar-refractivity contribution in [2.75, 3.05) is 6.26 Å². The van der Waals surface area contributed by atoms with E-state index in [1.165, 1.54) is 37.7 Å². The van der Waals surface area contributed by atoms with Crippen LogP contribution in [0.1, 0.15) is 38.5 Å². The van der Waals surface area contributed by atoms with Crippen molar-refractivity contribution in [3.05, 3.63) is 70.9 Å². The zero-order valence-corrected chi connectivity index (χ0v) is 19.9. The Morgan fingerprint density at radius 3 is 1.94 bits per heavy atom. The van der Waals surface area contributed by atoms with E-state index < -0.39 is 9.84 Å². The van der Waals surface area contributed by atoms with Crippen LogP contribution in [0.4, 0.5) is 4.39 Å². The average Bonchev–Trinajstić information content (AvgIpc) is 2.78. The van der Waals surface area contributed by atoms with E-state index in [4.69, 9.17) is 5.10 Å². The Morgan fingerprint density at radius 2 is 1.41 bits per heavy atom. The molecule has 7 heteroatoms. The third kappa shape index (κ3) is 3.52. The van der Waals surface area contributed by atoms with Crippen molar-refractivity contribution in [3.63, 3.8) is 0 Å². The number of aromatic nitrogens is 2. The highest BCUT2D eigenvalue weighted by atomic mass is 32.2. The summed E-state index contributed by atoms with van der Waals surface area (Å²) < 4.78 is 39.3. The smallest absolute Gasteiger partial charge is 0.267 e. The normalized spacial score (nSPS) is 27.8. The molecule has 0 radical (unpaired) electrons. The van der Waals surface area contributed by atoms with Crippen molar-refractivity contribution in [3.8, 4) is 22.3 Å². The minimum Gasteiger partial charge on any atom is -0.267 e. The van der Waals surface area contributed by atoms with Crippen LogP contribution in [0.25, 0.3) is 22.3 Å². The fourth-order valence-electron chi connectivity index (χ4n) is 7.11. The van der Waals surface area contributed by atoms with Gasteiger partial charge in [0.1, 0.15) is 5.82 Å². The molecule has 1 aromatic heterocycles. The molecule has 2 aromatic carbocycles. The minimum atomic E-state index is -3.33. The van der Waals surface area contributed by atoms with Gasteiger partial charge in [-0.05, 0) is 91.7 Å². The lowest BCUT2D eigenvalue weighted by molar-refractivity contribution is -0.0518. The summed E-state index contributed by atoms with van der Waals surface area (Å²) in [6.07, 6.45) is 9.69. The van der Waals surface area contributed by atoms with Crippen molar-refractivity contribution in [2.45, 2.75) is 49.0 Å². The summed E-state index contributed by atoms with van der Waals surface area (Å²) in [5, 5.41) is 4.73. The van der Waals surface area contributed by atoms with Gasteiger partial charge in [-0.2, -0.15) is 5.10 Å². The van der Waals surface area contributed by atoms with Crippen molar-refractivity contribution in [2.24, 2.45) is 17.8 Å². The lowest BCUT2D eigenvalue weighted by Crippen LogP contribution is -2.55. The summed E-state index contributed by atoms with van der Waals surface area (Å²) in [5.41, 5.74) is 2.05. The lowest BCUT2D eigenvalue weighted by atomic mass is 9.53. The van der Waals surface area contributed by atoms with Crippen LogP contribution in [-0.4, -0.2) is 24.5 Å². The Kier molecular flexibility index (Phi) is 4.86. The fourth-order valence-corrected chi connectivity index (χ4v) is 7.74. The molecule has 5 nitrogen and oxygen atoms in total. The van der Waals surface area contributed by atoms with Crippen LogP contribution in [0.3, 0.4) is 0 Å². The van der Waals surface area contributed by atoms with Crippen molar-refractivity contribution >= 4 is 9.84 Å². The first-order valence-corrected chi connectivity index (χ1v) is 13.8. The standard InChI is InChI=1S/C27H27FN2O3S/c1-34(32,33)23-8-4-20(5-9-23)24-16-29-30(26(31)25(24)21-2-6-22(28)7-3-21)27-13-17-10-18(14-27)12-19(11-17)15-27/h2-9,16-19H,10-15H2,1H3. The van der Waals surface area contributed by atoms with Crippen LogP contribution in [0.2, 0.25) is 0 Å². The molecule has 4 fully saturated rings. The van der Waals surface area contributed by atoms with Gasteiger partial charge in [0.25, 0.3) is 5.56 Å². The number of rotatable bonds is 4. The van der Waals surface area contributed by atoms with Crippen molar-refractivity contribution in [1.82, 2.24) is 9.78 Å². The maximum atomic E-state index is 14.1. The van der Waals surface area contributed by atoms with E-state index in [-0.39, 0.29) is 21.8 Å².